The molecule has 1 aliphatic rings. The standard InChI is InChI=1S/C12H18N2O2/c1-8-5-11(6-9(2)15-8)16-10-3-4-14-12(13)7-10/h3-4,7-9,11H,5-6H2,1-2H3,(H2,13,14). The fourth-order valence-electron chi connectivity index (χ4n) is 2.13. The van der Waals surface area contributed by atoms with Gasteiger partial charge in [0.1, 0.15) is 17.7 Å². The van der Waals surface area contributed by atoms with Crippen LogP contribution >= 0.6 is 0 Å². The molecule has 0 radical (unpaired) electrons. The van der Waals surface area contributed by atoms with Crippen molar-refractivity contribution in [2.45, 2.75) is 45.0 Å². The fraction of sp³-hybridized carbons (Fsp3) is 0.583. The number of hydrogen-bond donors (Lipinski definition) is 1. The molecule has 1 aliphatic heterocycles. The molecule has 2 rings (SSSR count). The number of nitrogen functional groups attached to an aromatic ring is 1. The average Bonchev–Trinajstić information content (AvgIpc) is 2.15. The third-order valence-corrected chi connectivity index (χ3v) is 2.71. The van der Waals surface area contributed by atoms with Crippen LogP contribution in [0.2, 0.25) is 0 Å². The van der Waals surface area contributed by atoms with E-state index in [0.29, 0.717) is 5.82 Å². The summed E-state index contributed by atoms with van der Waals surface area (Å²) < 4.78 is 11.5. The van der Waals surface area contributed by atoms with Gasteiger partial charge in [0.25, 0.3) is 0 Å². The zero-order valence-corrected chi connectivity index (χ0v) is 9.72. The lowest BCUT2D eigenvalue weighted by Gasteiger charge is -2.32. The van der Waals surface area contributed by atoms with Crippen LogP contribution in [0.3, 0.4) is 0 Å². The lowest BCUT2D eigenvalue weighted by molar-refractivity contribution is -0.0721. The molecule has 1 aromatic heterocycles. The lowest BCUT2D eigenvalue weighted by atomic mass is 10.0. The first-order chi connectivity index (χ1) is 7.63. The van der Waals surface area contributed by atoms with Crippen molar-refractivity contribution in [2.75, 3.05) is 5.73 Å². The number of anilines is 1. The van der Waals surface area contributed by atoms with E-state index in [-0.39, 0.29) is 18.3 Å². The van der Waals surface area contributed by atoms with Gasteiger partial charge in [0, 0.05) is 25.1 Å². The van der Waals surface area contributed by atoms with Crippen LogP contribution in [-0.2, 0) is 4.74 Å². The Labute approximate surface area is 95.8 Å². The third-order valence-electron chi connectivity index (χ3n) is 2.71. The average molecular weight is 222 g/mol. The second-order valence-electron chi connectivity index (χ2n) is 4.38. The summed E-state index contributed by atoms with van der Waals surface area (Å²) in [6, 6.07) is 3.59. The summed E-state index contributed by atoms with van der Waals surface area (Å²) in [5.41, 5.74) is 5.60. The minimum atomic E-state index is 0.209. The molecule has 0 aliphatic carbocycles. The minimum Gasteiger partial charge on any atom is -0.490 e. The minimum absolute atomic E-state index is 0.209. The van der Waals surface area contributed by atoms with Gasteiger partial charge in [-0.15, -0.1) is 0 Å². The molecule has 0 bridgehead atoms. The fourth-order valence-corrected chi connectivity index (χ4v) is 2.13. The number of ether oxygens (including phenoxy) is 2. The molecule has 2 heterocycles. The van der Waals surface area contributed by atoms with Gasteiger partial charge in [0.15, 0.2) is 0 Å². The molecule has 0 spiro atoms. The van der Waals surface area contributed by atoms with E-state index < -0.39 is 0 Å². The Kier molecular flexibility index (Phi) is 3.29. The Morgan fingerprint density at radius 3 is 2.69 bits per heavy atom. The van der Waals surface area contributed by atoms with Gasteiger partial charge in [-0.2, -0.15) is 0 Å². The van der Waals surface area contributed by atoms with Gasteiger partial charge in [-0.1, -0.05) is 0 Å². The monoisotopic (exact) mass is 222 g/mol. The summed E-state index contributed by atoms with van der Waals surface area (Å²) in [5.74, 6) is 1.28. The molecule has 4 heteroatoms. The predicted molar refractivity (Wildman–Crippen MR) is 62.3 cm³/mol. The van der Waals surface area contributed by atoms with E-state index in [9.17, 15) is 0 Å². The molecule has 1 aromatic rings. The summed E-state index contributed by atoms with van der Waals surface area (Å²) >= 11 is 0. The molecule has 2 N–H and O–H groups in total. The molecule has 88 valence electrons. The summed E-state index contributed by atoms with van der Waals surface area (Å²) in [4.78, 5) is 3.94. The number of aromatic nitrogens is 1. The molecule has 1 fully saturated rings. The second-order valence-corrected chi connectivity index (χ2v) is 4.38. The molecule has 2 unspecified atom stereocenters. The van der Waals surface area contributed by atoms with Crippen LogP contribution in [0.25, 0.3) is 0 Å². The molecule has 0 amide bonds. The molecule has 0 aromatic carbocycles. The number of nitrogens with two attached hydrogens (primary N) is 1. The van der Waals surface area contributed by atoms with Gasteiger partial charge in [0.05, 0.1) is 12.2 Å². The first-order valence-electron chi connectivity index (χ1n) is 5.67. The van der Waals surface area contributed by atoms with E-state index in [0.717, 1.165) is 18.6 Å². The molecule has 2 atom stereocenters. The molecule has 16 heavy (non-hydrogen) atoms. The van der Waals surface area contributed by atoms with Crippen LogP contribution in [0, 0.1) is 0 Å². The van der Waals surface area contributed by atoms with Gasteiger partial charge in [0.2, 0.25) is 0 Å². The van der Waals surface area contributed by atoms with Crippen molar-refractivity contribution in [1.82, 2.24) is 4.98 Å². The second kappa shape index (κ2) is 4.70. The molecule has 4 nitrogen and oxygen atoms in total. The molecule has 1 saturated heterocycles. The highest BCUT2D eigenvalue weighted by atomic mass is 16.5. The topological polar surface area (TPSA) is 57.4 Å². The molecular weight excluding hydrogens is 204 g/mol. The zero-order chi connectivity index (χ0) is 11.5. The largest absolute Gasteiger partial charge is 0.490 e. The maximum absolute atomic E-state index is 5.88. The van der Waals surface area contributed by atoms with Crippen molar-refractivity contribution >= 4 is 5.82 Å². The van der Waals surface area contributed by atoms with Crippen LogP contribution in [-0.4, -0.2) is 23.3 Å². The van der Waals surface area contributed by atoms with Gasteiger partial charge >= 0.3 is 0 Å². The Bertz CT molecular complexity index is 347. The van der Waals surface area contributed by atoms with Gasteiger partial charge < -0.3 is 15.2 Å². The van der Waals surface area contributed by atoms with Crippen LogP contribution < -0.4 is 10.5 Å². The Morgan fingerprint density at radius 2 is 2.06 bits per heavy atom. The summed E-state index contributed by atoms with van der Waals surface area (Å²) in [7, 11) is 0. The van der Waals surface area contributed by atoms with Crippen molar-refractivity contribution in [3.05, 3.63) is 18.3 Å². The number of hydrogen-bond acceptors (Lipinski definition) is 4. The van der Waals surface area contributed by atoms with Gasteiger partial charge in [-0.3, -0.25) is 0 Å². The highest BCUT2D eigenvalue weighted by Crippen LogP contribution is 2.24. The van der Waals surface area contributed by atoms with E-state index in [1.807, 2.05) is 6.07 Å². The molecular formula is C12H18N2O2. The third kappa shape index (κ3) is 2.85. The number of rotatable bonds is 2. The normalized spacial score (nSPS) is 30.0. The smallest absolute Gasteiger partial charge is 0.126 e. The Balaban J connectivity index is 1.98. The van der Waals surface area contributed by atoms with Gasteiger partial charge in [-0.25, -0.2) is 4.98 Å². The first kappa shape index (κ1) is 11.2. The van der Waals surface area contributed by atoms with E-state index in [1.54, 1.807) is 12.3 Å². The van der Waals surface area contributed by atoms with Crippen LogP contribution in [0.4, 0.5) is 5.82 Å². The van der Waals surface area contributed by atoms with Crippen LogP contribution in [0.5, 0.6) is 5.75 Å². The SMILES string of the molecule is CC1CC(Oc2ccnc(N)c2)CC(C)O1. The maximum Gasteiger partial charge on any atom is 0.126 e. The Hall–Kier alpha value is -1.29. The highest BCUT2D eigenvalue weighted by Gasteiger charge is 2.25. The van der Waals surface area contributed by atoms with Crippen molar-refractivity contribution in [3.63, 3.8) is 0 Å². The molecule has 0 saturated carbocycles. The first-order valence-corrected chi connectivity index (χ1v) is 5.67. The van der Waals surface area contributed by atoms with Crippen LogP contribution in [0.1, 0.15) is 26.7 Å². The Morgan fingerprint density at radius 1 is 1.38 bits per heavy atom. The lowest BCUT2D eigenvalue weighted by Crippen LogP contribution is -2.35. The number of pyridine rings is 1. The van der Waals surface area contributed by atoms with Gasteiger partial charge in [-0.05, 0) is 19.9 Å². The van der Waals surface area contributed by atoms with Crippen molar-refractivity contribution in [1.29, 1.82) is 0 Å². The van der Waals surface area contributed by atoms with E-state index >= 15 is 0 Å². The summed E-state index contributed by atoms with van der Waals surface area (Å²) in [6.07, 6.45) is 4.23. The summed E-state index contributed by atoms with van der Waals surface area (Å²) in [5, 5.41) is 0. The van der Waals surface area contributed by atoms with Crippen molar-refractivity contribution in [3.8, 4) is 5.75 Å². The van der Waals surface area contributed by atoms with E-state index in [1.165, 1.54) is 0 Å². The van der Waals surface area contributed by atoms with E-state index in [4.69, 9.17) is 15.2 Å². The number of nitrogens with zero attached hydrogens (tertiary/aromatic N) is 1. The maximum atomic E-state index is 5.88. The van der Waals surface area contributed by atoms with Crippen molar-refractivity contribution in [2.24, 2.45) is 0 Å². The van der Waals surface area contributed by atoms with E-state index in [2.05, 4.69) is 18.8 Å². The zero-order valence-electron chi connectivity index (χ0n) is 9.72. The van der Waals surface area contributed by atoms with Crippen molar-refractivity contribution < 1.29 is 9.47 Å². The highest BCUT2D eigenvalue weighted by molar-refractivity contribution is 5.35. The summed E-state index contributed by atoms with van der Waals surface area (Å²) in [6.45, 7) is 4.15. The predicted octanol–water partition coefficient (Wildman–Crippen LogP) is 2.00. The quantitative estimate of drug-likeness (QED) is 0.831. The van der Waals surface area contributed by atoms with Crippen LogP contribution in [0.15, 0.2) is 18.3 Å².